The summed E-state index contributed by atoms with van der Waals surface area (Å²) in [5, 5.41) is 6.21. The van der Waals surface area contributed by atoms with E-state index in [1.165, 1.54) is 5.39 Å². The lowest BCUT2D eigenvalue weighted by Crippen LogP contribution is -2.56. The minimum absolute atomic E-state index is 0.162. The maximum absolute atomic E-state index is 6.83. The molecule has 4 aromatic heterocycles. The van der Waals surface area contributed by atoms with Crippen LogP contribution in [0.15, 0.2) is 211 Å². The predicted octanol–water partition coefficient (Wildman–Crippen LogP) is 10.3. The first-order valence-corrected chi connectivity index (χ1v) is 24.3. The highest BCUT2D eigenvalue weighted by Crippen LogP contribution is 2.41. The predicted molar refractivity (Wildman–Crippen MR) is 310 cm³/mol. The number of benzene rings is 10. The lowest BCUT2D eigenvalue weighted by molar-refractivity contribution is 0.669. The van der Waals surface area contributed by atoms with Gasteiger partial charge in [-0.3, -0.25) is 0 Å². The second-order valence-electron chi connectivity index (χ2n) is 18.7. The number of para-hydroxylation sites is 2. The Balaban J connectivity index is 0.934. The maximum atomic E-state index is 6.83. The largest absolute Gasteiger partial charge is 0.456 e. The van der Waals surface area contributed by atoms with Gasteiger partial charge in [0.05, 0.1) is 22.1 Å². The molecule has 0 amide bonds. The highest BCUT2D eigenvalue weighted by atomic mass is 16.3. The Bertz CT molecular complexity index is 4520. The smallest absolute Gasteiger partial charge is 0.164 e. The van der Waals surface area contributed by atoms with E-state index in [1.54, 1.807) is 0 Å². The third-order valence-electron chi connectivity index (χ3n) is 14.4. The molecule has 6 nitrogen and oxygen atoms in total. The molecular formula is C63H34B5N5O. The van der Waals surface area contributed by atoms with Crippen LogP contribution in [0.1, 0.15) is 0 Å². The van der Waals surface area contributed by atoms with Crippen LogP contribution in [0.25, 0.3) is 133 Å². The molecule has 0 unspecified atom stereocenters. The molecule has 0 atom stereocenters. The van der Waals surface area contributed by atoms with Crippen molar-refractivity contribution >= 4 is 132 Å². The van der Waals surface area contributed by atoms with Crippen LogP contribution in [0.5, 0.6) is 0 Å². The normalized spacial score (nSPS) is 11.8. The molecule has 11 heteroatoms. The summed E-state index contributed by atoms with van der Waals surface area (Å²) < 4.78 is 10.8. The topological polar surface area (TPSA) is 61.7 Å². The fraction of sp³-hybridized carbons (Fsp3) is 0. The van der Waals surface area contributed by atoms with E-state index >= 15 is 0 Å². The summed E-state index contributed by atoms with van der Waals surface area (Å²) >= 11 is 0. The lowest BCUT2D eigenvalue weighted by Gasteiger charge is -2.23. The summed E-state index contributed by atoms with van der Waals surface area (Å²) in [6.45, 7) is 0. The van der Waals surface area contributed by atoms with Gasteiger partial charge in [0.2, 0.25) is 0 Å². The van der Waals surface area contributed by atoms with Gasteiger partial charge in [0.25, 0.3) is 0 Å². The van der Waals surface area contributed by atoms with E-state index in [0.717, 1.165) is 105 Å². The third-order valence-corrected chi connectivity index (χ3v) is 14.4. The van der Waals surface area contributed by atoms with Gasteiger partial charge in [0.1, 0.15) is 50.4 Å². The molecule has 10 aromatic carbocycles. The highest BCUT2D eigenvalue weighted by Gasteiger charge is 2.21. The molecule has 4 heterocycles. The van der Waals surface area contributed by atoms with Crippen LogP contribution in [0, 0.1) is 0 Å². The Morgan fingerprint density at radius 3 is 1.18 bits per heavy atom. The first-order valence-electron chi connectivity index (χ1n) is 24.3. The maximum Gasteiger partial charge on any atom is 0.164 e. The molecule has 14 rings (SSSR count). The summed E-state index contributed by atoms with van der Waals surface area (Å²) in [7, 11) is 33.1. The van der Waals surface area contributed by atoms with Gasteiger partial charge in [0, 0.05) is 60.4 Å². The van der Waals surface area contributed by atoms with E-state index in [0.29, 0.717) is 23.2 Å². The van der Waals surface area contributed by atoms with Crippen LogP contribution < -0.4 is 27.3 Å². The Morgan fingerprint density at radius 1 is 0.284 bits per heavy atom. The van der Waals surface area contributed by atoms with E-state index in [9.17, 15) is 0 Å². The second-order valence-corrected chi connectivity index (χ2v) is 18.7. The lowest BCUT2D eigenvalue weighted by atomic mass is 9.61. The van der Waals surface area contributed by atoms with Crippen molar-refractivity contribution in [3.8, 4) is 67.8 Å². The molecule has 0 spiro atoms. The van der Waals surface area contributed by atoms with E-state index < -0.39 is 0 Å². The minimum Gasteiger partial charge on any atom is -0.456 e. The number of aromatic nitrogens is 5. The van der Waals surface area contributed by atoms with E-state index in [2.05, 4.69) is 126 Å². The Kier molecular flexibility index (Phi) is 10.1. The quantitative estimate of drug-likeness (QED) is 0.149. The van der Waals surface area contributed by atoms with Gasteiger partial charge < -0.3 is 13.6 Å². The molecule has 0 fully saturated rings. The zero-order valence-corrected chi connectivity index (χ0v) is 39.7. The van der Waals surface area contributed by atoms with Gasteiger partial charge >= 0.3 is 0 Å². The SMILES string of the molecule is [B]c1c([B])c([B])c(-n2c3ccc(-c4ccc5oc6ccc(-c7nc(-c8ccccc8)nc(-c8ccccc8)n7)cc6c5c4)cc3c3cc(-c4ccc5c(c4)c4ccccc4n5-c4ccccc4)ccc32)c([B])c1[B]. The van der Waals surface area contributed by atoms with E-state index in [1.807, 2.05) is 89.5 Å². The van der Waals surface area contributed by atoms with Crippen molar-refractivity contribution in [2.45, 2.75) is 0 Å². The Labute approximate surface area is 432 Å². The monoisotopic (exact) mass is 931 g/mol. The van der Waals surface area contributed by atoms with Crippen molar-refractivity contribution in [2.75, 3.05) is 0 Å². The van der Waals surface area contributed by atoms with Gasteiger partial charge in [-0.15, -0.1) is 16.4 Å². The van der Waals surface area contributed by atoms with Crippen LogP contribution in [-0.2, 0) is 0 Å². The van der Waals surface area contributed by atoms with Gasteiger partial charge in [-0.25, -0.2) is 15.0 Å². The summed E-state index contributed by atoms with van der Waals surface area (Å²) in [4.78, 5) is 14.9. The van der Waals surface area contributed by atoms with Gasteiger partial charge in [-0.2, -0.15) is 0 Å². The molecule has 10 radical (unpaired) electrons. The summed E-state index contributed by atoms with van der Waals surface area (Å²) in [5.41, 5.74) is 15.0. The van der Waals surface area contributed by atoms with Crippen LogP contribution in [0.2, 0.25) is 0 Å². The van der Waals surface area contributed by atoms with Crippen molar-refractivity contribution in [1.29, 1.82) is 0 Å². The van der Waals surface area contributed by atoms with E-state index in [4.69, 9.17) is 58.6 Å². The number of furan rings is 1. The number of nitrogens with zero attached hydrogens (tertiary/aromatic N) is 5. The molecule has 0 N–H and O–H groups in total. The van der Waals surface area contributed by atoms with Crippen LogP contribution in [0.3, 0.4) is 0 Å². The average Bonchev–Trinajstić information content (AvgIpc) is 4.15. The molecule has 0 aliphatic rings. The van der Waals surface area contributed by atoms with Crippen molar-refractivity contribution in [1.82, 2.24) is 24.1 Å². The van der Waals surface area contributed by atoms with Crippen molar-refractivity contribution < 1.29 is 4.42 Å². The second kappa shape index (κ2) is 17.0. The van der Waals surface area contributed by atoms with Crippen LogP contribution >= 0.6 is 0 Å². The average molecular weight is 931 g/mol. The van der Waals surface area contributed by atoms with Gasteiger partial charge in [-0.1, -0.05) is 132 Å². The zero-order valence-electron chi connectivity index (χ0n) is 39.7. The molecule has 0 bridgehead atoms. The number of hydrogen-bond acceptors (Lipinski definition) is 4. The zero-order chi connectivity index (χ0) is 49.8. The van der Waals surface area contributed by atoms with E-state index in [-0.39, 0.29) is 27.3 Å². The Morgan fingerprint density at radius 2 is 0.649 bits per heavy atom. The first kappa shape index (κ1) is 43.7. The Hall–Kier alpha value is -9.07. The van der Waals surface area contributed by atoms with Gasteiger partial charge in [0.15, 0.2) is 17.5 Å². The molecule has 0 aliphatic heterocycles. The number of rotatable bonds is 7. The van der Waals surface area contributed by atoms with Crippen LogP contribution in [0.4, 0.5) is 0 Å². The number of hydrogen-bond donors (Lipinski definition) is 0. The van der Waals surface area contributed by atoms with Crippen molar-refractivity contribution in [3.63, 3.8) is 0 Å². The molecule has 0 saturated heterocycles. The molecule has 0 aliphatic carbocycles. The van der Waals surface area contributed by atoms with Crippen molar-refractivity contribution in [3.05, 3.63) is 206 Å². The fourth-order valence-electron chi connectivity index (χ4n) is 10.7. The summed E-state index contributed by atoms with van der Waals surface area (Å²) in [6, 6.07) is 71.1. The summed E-state index contributed by atoms with van der Waals surface area (Å²) in [5.74, 6) is 1.76. The third kappa shape index (κ3) is 6.91. The molecule has 0 saturated carbocycles. The molecule has 14 aromatic rings. The standard InChI is InChI=1S/C63H34B5N5O/c64-55-56(65)58(67)60(59(68)57(55)66)73-51-26-21-38(37-20-25-50-44(30-37)43-18-10-11-19-49(43)72(50)42-16-8-3-9-17-42)31-45(51)46-32-39(22-27-52(46)73)40-23-28-53-47(33-40)48-34-41(24-29-54(48)74-53)63-70-61(35-12-4-1-5-13-35)69-62(71-63)36-14-6-2-7-15-36/h1-34H. The summed E-state index contributed by atoms with van der Waals surface area (Å²) in [6.07, 6.45) is 0. The first-order chi connectivity index (χ1) is 36.3. The number of fused-ring (bicyclic) bond motifs is 9. The van der Waals surface area contributed by atoms with Crippen molar-refractivity contribution in [2.24, 2.45) is 0 Å². The highest BCUT2D eigenvalue weighted by molar-refractivity contribution is 6.68. The van der Waals surface area contributed by atoms with Gasteiger partial charge in [-0.05, 0) is 107 Å². The molecule has 332 valence electrons. The minimum atomic E-state index is 0.162. The van der Waals surface area contributed by atoms with Crippen LogP contribution in [-0.4, -0.2) is 63.3 Å². The molecular weight excluding hydrogens is 897 g/mol. The fourth-order valence-corrected chi connectivity index (χ4v) is 10.7. The molecule has 74 heavy (non-hydrogen) atoms.